The van der Waals surface area contributed by atoms with Crippen LogP contribution in [0.25, 0.3) is 0 Å². The van der Waals surface area contributed by atoms with E-state index in [1.54, 1.807) is 47.6 Å². The van der Waals surface area contributed by atoms with Crippen molar-refractivity contribution in [2.75, 3.05) is 18.4 Å². The Bertz CT molecular complexity index is 1230. The van der Waals surface area contributed by atoms with E-state index in [-0.39, 0.29) is 10.8 Å². The Morgan fingerprint density at radius 3 is 2.67 bits per heavy atom. The number of thioether (sulfide) groups is 1. The summed E-state index contributed by atoms with van der Waals surface area (Å²) in [5.74, 6) is 1.59. The van der Waals surface area contributed by atoms with Crippen molar-refractivity contribution in [3.63, 3.8) is 0 Å². The number of carbonyl (C=O) groups excluding carboxylic acids is 1. The van der Waals surface area contributed by atoms with Crippen molar-refractivity contribution in [3.05, 3.63) is 65.8 Å². The number of sulfonamides is 1. The number of hydrogen-bond donors (Lipinski definition) is 1. The first-order chi connectivity index (χ1) is 15.8. The lowest BCUT2D eigenvalue weighted by Crippen LogP contribution is -2.39. The van der Waals surface area contributed by atoms with Gasteiger partial charge in [0.25, 0.3) is 5.91 Å². The molecule has 0 radical (unpaired) electrons. The fourth-order valence-electron chi connectivity index (χ4n) is 3.74. The van der Waals surface area contributed by atoms with E-state index in [4.69, 9.17) is 4.52 Å². The summed E-state index contributed by atoms with van der Waals surface area (Å²) in [7, 11) is -3.53. The Morgan fingerprint density at radius 2 is 1.97 bits per heavy atom. The highest BCUT2D eigenvalue weighted by atomic mass is 32.2. The fourth-order valence-corrected chi connectivity index (χ4v) is 6.23. The second-order valence-electron chi connectivity index (χ2n) is 8.11. The molecule has 1 saturated heterocycles. The summed E-state index contributed by atoms with van der Waals surface area (Å²) in [6.45, 7) is 4.91. The highest BCUT2D eigenvalue weighted by Gasteiger charge is 2.28. The molecule has 8 nitrogen and oxygen atoms in total. The summed E-state index contributed by atoms with van der Waals surface area (Å²) in [5.41, 5.74) is 1.04. The van der Waals surface area contributed by atoms with Crippen LogP contribution in [0.1, 0.15) is 41.8 Å². The number of carbonyl (C=O) groups is 1. The molecule has 33 heavy (non-hydrogen) atoms. The van der Waals surface area contributed by atoms with Gasteiger partial charge in [0.2, 0.25) is 15.9 Å². The molecule has 3 aromatic rings. The molecular weight excluding hydrogens is 460 g/mol. The quantitative estimate of drug-likeness (QED) is 0.495. The van der Waals surface area contributed by atoms with E-state index in [0.29, 0.717) is 47.7 Å². The van der Waals surface area contributed by atoms with Gasteiger partial charge >= 0.3 is 0 Å². The lowest BCUT2D eigenvalue weighted by atomic mass is 10.0. The topological polar surface area (TPSA) is 105 Å². The zero-order chi connectivity index (χ0) is 23.4. The van der Waals surface area contributed by atoms with E-state index in [1.807, 2.05) is 12.1 Å². The van der Waals surface area contributed by atoms with Gasteiger partial charge in [-0.2, -0.15) is 9.29 Å². The summed E-state index contributed by atoms with van der Waals surface area (Å²) < 4.78 is 32.6. The van der Waals surface area contributed by atoms with E-state index in [0.717, 1.165) is 17.7 Å². The Labute approximate surface area is 197 Å². The van der Waals surface area contributed by atoms with Crippen molar-refractivity contribution < 1.29 is 17.7 Å². The van der Waals surface area contributed by atoms with E-state index < -0.39 is 10.0 Å². The van der Waals surface area contributed by atoms with Crippen LogP contribution < -0.4 is 5.32 Å². The monoisotopic (exact) mass is 486 g/mol. The summed E-state index contributed by atoms with van der Waals surface area (Å²) >= 11 is 1.43. The van der Waals surface area contributed by atoms with Crippen LogP contribution in [0.2, 0.25) is 0 Å². The van der Waals surface area contributed by atoms with Crippen molar-refractivity contribution in [1.82, 2.24) is 14.4 Å². The van der Waals surface area contributed by atoms with Gasteiger partial charge in [-0.25, -0.2) is 8.42 Å². The lowest BCUT2D eigenvalue weighted by molar-refractivity contribution is 0.102. The number of nitrogens with zero attached hydrogens (tertiary/aromatic N) is 3. The normalized spacial score (nSPS) is 17.1. The van der Waals surface area contributed by atoms with Gasteiger partial charge in [-0.1, -0.05) is 24.2 Å². The Hall–Kier alpha value is -2.69. The van der Waals surface area contributed by atoms with Gasteiger partial charge in [-0.3, -0.25) is 4.79 Å². The molecule has 1 atom stereocenters. The van der Waals surface area contributed by atoms with Crippen LogP contribution in [0.4, 0.5) is 5.69 Å². The van der Waals surface area contributed by atoms with Gasteiger partial charge < -0.3 is 9.84 Å². The van der Waals surface area contributed by atoms with Gasteiger partial charge in [0.1, 0.15) is 0 Å². The van der Waals surface area contributed by atoms with Crippen molar-refractivity contribution in [1.29, 1.82) is 0 Å². The third kappa shape index (κ3) is 5.63. The number of amides is 1. The minimum Gasteiger partial charge on any atom is -0.338 e. The maximum absolute atomic E-state index is 12.9. The predicted molar refractivity (Wildman–Crippen MR) is 127 cm³/mol. The van der Waals surface area contributed by atoms with Crippen LogP contribution >= 0.6 is 11.8 Å². The Morgan fingerprint density at radius 1 is 1.21 bits per heavy atom. The summed E-state index contributed by atoms with van der Waals surface area (Å²) in [5, 5.41) is 6.63. The third-order valence-corrected chi connectivity index (χ3v) is 8.36. The van der Waals surface area contributed by atoms with Gasteiger partial charge in [-0.15, -0.1) is 11.8 Å². The third-order valence-electron chi connectivity index (χ3n) is 5.42. The Balaban J connectivity index is 1.44. The number of aryl methyl sites for hydroxylation is 1. The summed E-state index contributed by atoms with van der Waals surface area (Å²) in [6, 6.07) is 13.6. The molecule has 0 bridgehead atoms. The van der Waals surface area contributed by atoms with Crippen molar-refractivity contribution in [2.45, 2.75) is 42.2 Å². The number of aromatic nitrogens is 2. The zero-order valence-corrected chi connectivity index (χ0v) is 20.2. The van der Waals surface area contributed by atoms with Crippen LogP contribution in [-0.2, 0) is 15.8 Å². The molecule has 1 fully saturated rings. The van der Waals surface area contributed by atoms with Gasteiger partial charge in [-0.05, 0) is 62.1 Å². The molecule has 1 N–H and O–H groups in total. The molecule has 4 rings (SSSR count). The van der Waals surface area contributed by atoms with E-state index >= 15 is 0 Å². The lowest BCUT2D eigenvalue weighted by Gasteiger charge is -2.30. The number of rotatable bonds is 7. The van der Waals surface area contributed by atoms with E-state index in [9.17, 15) is 13.2 Å². The molecule has 1 aromatic heterocycles. The first-order valence-electron chi connectivity index (χ1n) is 10.8. The van der Waals surface area contributed by atoms with Gasteiger partial charge in [0.15, 0.2) is 5.82 Å². The average Bonchev–Trinajstić information content (AvgIpc) is 3.23. The maximum atomic E-state index is 12.9. The van der Waals surface area contributed by atoms with Crippen molar-refractivity contribution in [3.8, 4) is 0 Å². The van der Waals surface area contributed by atoms with Crippen molar-refractivity contribution in [2.24, 2.45) is 5.92 Å². The molecule has 1 amide bonds. The largest absolute Gasteiger partial charge is 0.338 e. The molecule has 0 spiro atoms. The Kier molecular flexibility index (Phi) is 7.16. The highest BCUT2D eigenvalue weighted by Crippen LogP contribution is 2.27. The standard InChI is InChI=1S/C23H26N4O4S2/c1-16-6-5-13-27(14-16)33(29,30)19-11-9-18(10-12-19)25-23(28)20-7-3-4-8-21(20)32-15-22-24-17(2)26-31-22/h3-4,7-12,16H,5-6,13-15H2,1-2H3,(H,25,28). The van der Waals surface area contributed by atoms with Crippen LogP contribution in [-0.4, -0.2) is 41.9 Å². The second-order valence-corrected chi connectivity index (χ2v) is 11.1. The number of benzene rings is 2. The van der Waals surface area contributed by atoms with Gasteiger partial charge in [0.05, 0.1) is 16.2 Å². The number of nitrogens with one attached hydrogen (secondary N) is 1. The second kappa shape index (κ2) is 10.1. The molecule has 1 aliphatic rings. The maximum Gasteiger partial charge on any atom is 0.256 e. The van der Waals surface area contributed by atoms with Gasteiger partial charge in [0, 0.05) is 23.7 Å². The average molecular weight is 487 g/mol. The van der Waals surface area contributed by atoms with E-state index in [2.05, 4.69) is 22.4 Å². The fraction of sp³-hybridized carbons (Fsp3) is 0.348. The molecule has 0 aliphatic carbocycles. The predicted octanol–water partition coefficient (Wildman–Crippen LogP) is 4.34. The van der Waals surface area contributed by atoms with Crippen LogP contribution in [0, 0.1) is 12.8 Å². The molecule has 1 aliphatic heterocycles. The summed E-state index contributed by atoms with van der Waals surface area (Å²) in [6.07, 6.45) is 1.92. The molecule has 2 aromatic carbocycles. The number of anilines is 1. The summed E-state index contributed by atoms with van der Waals surface area (Å²) in [4.78, 5) is 18.1. The highest BCUT2D eigenvalue weighted by molar-refractivity contribution is 7.98. The molecule has 0 saturated carbocycles. The first kappa shape index (κ1) is 23.5. The van der Waals surface area contributed by atoms with Crippen molar-refractivity contribution >= 4 is 33.4 Å². The van der Waals surface area contributed by atoms with Crippen LogP contribution in [0.15, 0.2) is 62.8 Å². The molecule has 1 unspecified atom stereocenters. The van der Waals surface area contributed by atoms with Crippen LogP contribution in [0.3, 0.4) is 0 Å². The molecule has 174 valence electrons. The van der Waals surface area contributed by atoms with Crippen LogP contribution in [0.5, 0.6) is 0 Å². The number of piperidine rings is 1. The minimum atomic E-state index is -3.53. The zero-order valence-electron chi connectivity index (χ0n) is 18.5. The minimum absolute atomic E-state index is 0.236. The SMILES string of the molecule is Cc1noc(CSc2ccccc2C(=O)Nc2ccc(S(=O)(=O)N3CCCC(C)C3)cc2)n1. The molecule has 10 heteroatoms. The number of hydrogen-bond acceptors (Lipinski definition) is 7. The smallest absolute Gasteiger partial charge is 0.256 e. The van der Waals surface area contributed by atoms with E-state index in [1.165, 1.54) is 11.8 Å². The first-order valence-corrected chi connectivity index (χ1v) is 13.2. The molecule has 2 heterocycles. The molecular formula is C23H26N4O4S2.